The van der Waals surface area contributed by atoms with E-state index in [9.17, 15) is 4.79 Å². The van der Waals surface area contributed by atoms with Gasteiger partial charge in [-0.25, -0.2) is 4.98 Å². The number of ether oxygens (including phenoxy) is 3. The van der Waals surface area contributed by atoms with Gasteiger partial charge in [0.05, 0.1) is 37.4 Å². The van der Waals surface area contributed by atoms with Gasteiger partial charge in [-0.05, 0) is 85.3 Å². The molecule has 1 aromatic heterocycles. The third-order valence-electron chi connectivity index (χ3n) is 6.61. The monoisotopic (exact) mass is 513 g/mol. The van der Waals surface area contributed by atoms with E-state index in [1.165, 1.54) is 4.68 Å². The van der Waals surface area contributed by atoms with Crippen LogP contribution in [0.15, 0.2) is 64.5 Å². The normalized spacial score (nSPS) is 12.3. The molecule has 7 heteroatoms. The highest BCUT2D eigenvalue weighted by molar-refractivity contribution is 5.83. The molecule has 0 N–H and O–H groups in total. The highest BCUT2D eigenvalue weighted by Gasteiger charge is 2.18. The predicted octanol–water partition coefficient (Wildman–Crippen LogP) is 6.57. The Labute approximate surface area is 223 Å². The maximum Gasteiger partial charge on any atom is 0.282 e. The van der Waals surface area contributed by atoms with Gasteiger partial charge in [0, 0.05) is 5.56 Å². The molecule has 0 saturated carbocycles. The van der Waals surface area contributed by atoms with Crippen molar-refractivity contribution in [3.63, 3.8) is 0 Å². The van der Waals surface area contributed by atoms with Crippen molar-refractivity contribution >= 4 is 17.1 Å². The van der Waals surface area contributed by atoms with Gasteiger partial charge in [-0.3, -0.25) is 4.79 Å². The molecule has 1 atom stereocenters. The molecule has 4 aromatic rings. The second-order valence-corrected chi connectivity index (χ2v) is 9.62. The van der Waals surface area contributed by atoms with E-state index in [4.69, 9.17) is 19.2 Å². The molecule has 198 valence electrons. The summed E-state index contributed by atoms with van der Waals surface area (Å²) in [5.74, 6) is 2.77. The van der Waals surface area contributed by atoms with Crippen LogP contribution in [0.25, 0.3) is 22.3 Å². The van der Waals surface area contributed by atoms with Crippen molar-refractivity contribution in [3.8, 4) is 28.6 Å². The van der Waals surface area contributed by atoms with Gasteiger partial charge in [0.25, 0.3) is 5.56 Å². The Morgan fingerprint density at radius 1 is 0.974 bits per heavy atom. The molecule has 0 fully saturated rings. The van der Waals surface area contributed by atoms with Crippen LogP contribution in [0.4, 0.5) is 0 Å². The van der Waals surface area contributed by atoms with Crippen molar-refractivity contribution < 1.29 is 14.2 Å². The van der Waals surface area contributed by atoms with E-state index in [1.54, 1.807) is 26.5 Å². The SMILES string of the molecule is CC[C@H](C)Oc1ccc(C=Nn2c(-c3cc(C(C)C)c(OC)cc3C)nc3ccccc3c2=O)cc1OC. The molecule has 4 rings (SSSR count). The van der Waals surface area contributed by atoms with Crippen LogP contribution in [-0.4, -0.2) is 36.2 Å². The lowest BCUT2D eigenvalue weighted by Gasteiger charge is -2.17. The highest BCUT2D eigenvalue weighted by atomic mass is 16.5. The van der Waals surface area contributed by atoms with Gasteiger partial charge in [0.1, 0.15) is 5.75 Å². The zero-order valence-electron chi connectivity index (χ0n) is 23.1. The predicted molar refractivity (Wildman–Crippen MR) is 153 cm³/mol. The fourth-order valence-corrected chi connectivity index (χ4v) is 4.26. The maximum absolute atomic E-state index is 13.7. The molecule has 0 unspecified atom stereocenters. The first-order valence-electron chi connectivity index (χ1n) is 12.9. The van der Waals surface area contributed by atoms with E-state index in [-0.39, 0.29) is 17.6 Å². The molecule has 0 aliphatic rings. The van der Waals surface area contributed by atoms with E-state index in [0.29, 0.717) is 28.2 Å². The molecule has 0 aliphatic heterocycles. The number of hydrogen-bond acceptors (Lipinski definition) is 6. The lowest BCUT2D eigenvalue weighted by atomic mass is 9.96. The Bertz CT molecular complexity index is 1540. The molecule has 0 saturated heterocycles. The second-order valence-electron chi connectivity index (χ2n) is 9.62. The standard InChI is InChI=1S/C31H35N3O4/c1-8-21(5)38-27-14-13-22(16-29(27)37-7)18-32-34-30(33-26-12-10-9-11-23(26)31(34)35)25-17-24(19(2)3)28(36-6)15-20(25)4/h9-19,21H,8H2,1-7H3/t21-/m0/s1. The van der Waals surface area contributed by atoms with Crippen LogP contribution >= 0.6 is 0 Å². The summed E-state index contributed by atoms with van der Waals surface area (Å²) in [6.45, 7) is 10.3. The van der Waals surface area contributed by atoms with Gasteiger partial charge in [-0.15, -0.1) is 0 Å². The number of benzene rings is 3. The summed E-state index contributed by atoms with van der Waals surface area (Å²) < 4.78 is 18.5. The van der Waals surface area contributed by atoms with E-state index in [1.807, 2.05) is 62.4 Å². The fraction of sp³-hybridized carbons (Fsp3) is 0.323. The average Bonchev–Trinajstić information content (AvgIpc) is 2.92. The van der Waals surface area contributed by atoms with Crippen LogP contribution < -0.4 is 19.8 Å². The summed E-state index contributed by atoms with van der Waals surface area (Å²) in [6, 6.07) is 16.9. The largest absolute Gasteiger partial charge is 0.496 e. The summed E-state index contributed by atoms with van der Waals surface area (Å²) in [5, 5.41) is 5.13. The van der Waals surface area contributed by atoms with Crippen LogP contribution in [0.5, 0.6) is 17.2 Å². The Morgan fingerprint density at radius 2 is 1.71 bits per heavy atom. The summed E-state index contributed by atoms with van der Waals surface area (Å²) in [6.07, 6.45) is 2.59. The molecule has 7 nitrogen and oxygen atoms in total. The Balaban J connectivity index is 1.88. The minimum absolute atomic E-state index is 0.0664. The Hall–Kier alpha value is -4.13. The number of aryl methyl sites for hydroxylation is 1. The van der Waals surface area contributed by atoms with E-state index < -0.39 is 0 Å². The van der Waals surface area contributed by atoms with Gasteiger partial charge in [-0.2, -0.15) is 9.78 Å². The molecule has 0 radical (unpaired) electrons. The second kappa shape index (κ2) is 11.5. The molecule has 0 amide bonds. The Morgan fingerprint density at radius 3 is 2.39 bits per heavy atom. The molecule has 0 spiro atoms. The number of rotatable bonds is 9. The van der Waals surface area contributed by atoms with Gasteiger partial charge < -0.3 is 14.2 Å². The van der Waals surface area contributed by atoms with E-state index in [0.717, 1.165) is 34.4 Å². The zero-order chi connectivity index (χ0) is 27.4. The lowest BCUT2D eigenvalue weighted by Crippen LogP contribution is -2.20. The fourth-order valence-electron chi connectivity index (χ4n) is 4.26. The lowest BCUT2D eigenvalue weighted by molar-refractivity contribution is 0.207. The van der Waals surface area contributed by atoms with Gasteiger partial charge in [0.2, 0.25) is 0 Å². The molecule has 0 aliphatic carbocycles. The maximum atomic E-state index is 13.7. The average molecular weight is 514 g/mol. The van der Waals surface area contributed by atoms with Crippen molar-refractivity contribution in [2.75, 3.05) is 14.2 Å². The number of aromatic nitrogens is 2. The summed E-state index contributed by atoms with van der Waals surface area (Å²) in [7, 11) is 3.27. The van der Waals surface area contributed by atoms with Crippen molar-refractivity contribution in [1.82, 2.24) is 9.66 Å². The third kappa shape index (κ3) is 5.42. The summed E-state index contributed by atoms with van der Waals surface area (Å²) in [4.78, 5) is 18.6. The van der Waals surface area contributed by atoms with Crippen LogP contribution in [-0.2, 0) is 0 Å². The number of fused-ring (bicyclic) bond motifs is 1. The Kier molecular flexibility index (Phi) is 8.15. The first-order chi connectivity index (χ1) is 18.3. The minimum atomic E-state index is -0.244. The van der Waals surface area contributed by atoms with Crippen LogP contribution in [0, 0.1) is 6.92 Å². The number of hydrogen-bond donors (Lipinski definition) is 0. The van der Waals surface area contributed by atoms with Crippen molar-refractivity contribution in [2.24, 2.45) is 5.10 Å². The number of nitrogens with zero attached hydrogens (tertiary/aromatic N) is 3. The smallest absolute Gasteiger partial charge is 0.282 e. The van der Waals surface area contributed by atoms with Crippen molar-refractivity contribution in [2.45, 2.75) is 53.1 Å². The molecular weight excluding hydrogens is 478 g/mol. The molecule has 3 aromatic carbocycles. The molecule has 0 bridgehead atoms. The summed E-state index contributed by atoms with van der Waals surface area (Å²) in [5.41, 5.74) is 3.93. The van der Waals surface area contributed by atoms with Crippen LogP contribution in [0.2, 0.25) is 0 Å². The van der Waals surface area contributed by atoms with E-state index >= 15 is 0 Å². The molecular formula is C31H35N3O4. The van der Waals surface area contributed by atoms with E-state index in [2.05, 4.69) is 25.9 Å². The van der Waals surface area contributed by atoms with Crippen LogP contribution in [0.3, 0.4) is 0 Å². The van der Waals surface area contributed by atoms with Crippen LogP contribution in [0.1, 0.15) is 56.7 Å². The number of para-hydroxylation sites is 1. The first-order valence-corrected chi connectivity index (χ1v) is 12.9. The van der Waals surface area contributed by atoms with Crippen molar-refractivity contribution in [1.29, 1.82) is 0 Å². The van der Waals surface area contributed by atoms with Gasteiger partial charge >= 0.3 is 0 Å². The molecule has 1 heterocycles. The van der Waals surface area contributed by atoms with Gasteiger partial charge in [-0.1, -0.05) is 32.9 Å². The quantitative estimate of drug-likeness (QED) is 0.237. The first kappa shape index (κ1) is 26.9. The summed E-state index contributed by atoms with van der Waals surface area (Å²) >= 11 is 0. The minimum Gasteiger partial charge on any atom is -0.496 e. The van der Waals surface area contributed by atoms with Crippen molar-refractivity contribution in [3.05, 3.63) is 81.6 Å². The highest BCUT2D eigenvalue weighted by Crippen LogP contribution is 2.34. The third-order valence-corrected chi connectivity index (χ3v) is 6.61. The molecule has 38 heavy (non-hydrogen) atoms. The zero-order valence-corrected chi connectivity index (χ0v) is 23.1. The topological polar surface area (TPSA) is 74.9 Å². The number of methoxy groups -OCH3 is 2. The van der Waals surface area contributed by atoms with Gasteiger partial charge in [0.15, 0.2) is 17.3 Å².